The van der Waals surface area contributed by atoms with Crippen molar-refractivity contribution in [3.8, 4) is 5.75 Å². The summed E-state index contributed by atoms with van der Waals surface area (Å²) in [5.41, 5.74) is 1.58. The third-order valence-corrected chi connectivity index (χ3v) is 3.74. The number of benzene rings is 2. The Morgan fingerprint density at radius 1 is 1.04 bits per heavy atom. The van der Waals surface area contributed by atoms with Crippen LogP contribution in [0.3, 0.4) is 0 Å². The van der Waals surface area contributed by atoms with Crippen molar-refractivity contribution in [2.75, 3.05) is 17.2 Å². The lowest BCUT2D eigenvalue weighted by atomic mass is 10.1. The summed E-state index contributed by atoms with van der Waals surface area (Å²) < 4.78 is 5.33. The van der Waals surface area contributed by atoms with Crippen LogP contribution in [0.25, 0.3) is 0 Å². The number of anilines is 2. The fraction of sp³-hybridized carbons (Fsp3) is 0.222. The minimum absolute atomic E-state index is 0.0833. The van der Waals surface area contributed by atoms with Crippen LogP contribution >= 0.6 is 0 Å². The van der Waals surface area contributed by atoms with Gasteiger partial charge < -0.3 is 20.5 Å². The van der Waals surface area contributed by atoms with E-state index in [1.807, 2.05) is 0 Å². The minimum atomic E-state index is -0.390. The van der Waals surface area contributed by atoms with Crippen LogP contribution in [0.15, 0.2) is 48.5 Å². The van der Waals surface area contributed by atoms with Gasteiger partial charge in [-0.15, -0.1) is 0 Å². The van der Waals surface area contributed by atoms with Gasteiger partial charge in [0.05, 0.1) is 0 Å². The Kier molecular flexibility index (Phi) is 4.77. The van der Waals surface area contributed by atoms with Crippen LogP contribution in [0.4, 0.5) is 11.4 Å². The number of ether oxygens (including phenoxy) is 1. The molecule has 1 fully saturated rings. The Balaban J connectivity index is 1.61. The van der Waals surface area contributed by atoms with Crippen LogP contribution in [-0.4, -0.2) is 29.6 Å². The summed E-state index contributed by atoms with van der Waals surface area (Å²) in [5.74, 6) is -0.373. The van der Waals surface area contributed by atoms with E-state index in [2.05, 4.69) is 10.6 Å². The normalized spacial score (nSPS) is 16.6. The second-order valence-electron chi connectivity index (χ2n) is 5.57. The average Bonchev–Trinajstić information content (AvgIpc) is 3.10. The van der Waals surface area contributed by atoms with Gasteiger partial charge in [0.15, 0.2) is 0 Å². The number of amides is 2. The van der Waals surface area contributed by atoms with Gasteiger partial charge in [0.2, 0.25) is 0 Å². The van der Waals surface area contributed by atoms with Crippen LogP contribution in [0.5, 0.6) is 5.75 Å². The zero-order valence-corrected chi connectivity index (χ0v) is 13.0. The molecule has 1 atom stereocenters. The quantitative estimate of drug-likeness (QED) is 0.806. The summed E-state index contributed by atoms with van der Waals surface area (Å²) in [5, 5.41) is 14.9. The van der Waals surface area contributed by atoms with Gasteiger partial charge in [-0.25, -0.2) is 0 Å². The number of phenols is 1. The first-order chi connectivity index (χ1) is 11.6. The average molecular weight is 326 g/mol. The molecule has 124 valence electrons. The number of hydrogen-bond acceptors (Lipinski definition) is 4. The second-order valence-corrected chi connectivity index (χ2v) is 5.57. The molecule has 1 aliphatic heterocycles. The molecule has 3 N–H and O–H groups in total. The fourth-order valence-electron chi connectivity index (χ4n) is 2.50. The van der Waals surface area contributed by atoms with Gasteiger partial charge in [-0.05, 0) is 49.2 Å². The van der Waals surface area contributed by atoms with Crippen molar-refractivity contribution in [3.63, 3.8) is 0 Å². The Bertz CT molecular complexity index is 737. The van der Waals surface area contributed by atoms with Gasteiger partial charge >= 0.3 is 0 Å². The maximum absolute atomic E-state index is 12.2. The largest absolute Gasteiger partial charge is 0.508 e. The lowest BCUT2D eigenvalue weighted by Gasteiger charge is -2.11. The first-order valence-electron chi connectivity index (χ1n) is 7.75. The van der Waals surface area contributed by atoms with Crippen molar-refractivity contribution in [3.05, 3.63) is 54.1 Å². The molecule has 2 aromatic carbocycles. The van der Waals surface area contributed by atoms with Crippen molar-refractivity contribution < 1.29 is 19.4 Å². The molecule has 0 saturated carbocycles. The molecule has 3 rings (SSSR count). The molecule has 24 heavy (non-hydrogen) atoms. The lowest BCUT2D eigenvalue weighted by Crippen LogP contribution is -2.26. The first-order valence-corrected chi connectivity index (χ1v) is 7.75. The van der Waals surface area contributed by atoms with Gasteiger partial charge in [-0.1, -0.05) is 6.07 Å². The molecule has 1 heterocycles. The summed E-state index contributed by atoms with van der Waals surface area (Å²) >= 11 is 0. The standard InChI is InChI=1S/C18H18N2O4/c21-15-4-1-3-14(11-15)20-17(22)12-6-8-13(9-7-12)19-18(23)16-5-2-10-24-16/h1,3-4,6-9,11,16,21H,2,5,10H2,(H,19,23)(H,20,22)/t16-/m0/s1. The number of hydrogen-bond donors (Lipinski definition) is 3. The van der Waals surface area contributed by atoms with Crippen molar-refractivity contribution in [1.29, 1.82) is 0 Å². The van der Waals surface area contributed by atoms with Gasteiger partial charge in [-0.2, -0.15) is 0 Å². The first kappa shape index (κ1) is 16.0. The van der Waals surface area contributed by atoms with E-state index in [-0.39, 0.29) is 17.6 Å². The van der Waals surface area contributed by atoms with E-state index >= 15 is 0 Å². The molecule has 1 aliphatic rings. The molecule has 0 radical (unpaired) electrons. The number of rotatable bonds is 4. The number of phenolic OH excluding ortho intramolecular Hbond substituents is 1. The van der Waals surface area contributed by atoms with Crippen LogP contribution in [0, 0.1) is 0 Å². The maximum Gasteiger partial charge on any atom is 0.255 e. The molecule has 0 aliphatic carbocycles. The van der Waals surface area contributed by atoms with E-state index in [0.717, 1.165) is 12.8 Å². The van der Waals surface area contributed by atoms with Gasteiger partial charge in [0.25, 0.3) is 11.8 Å². The monoisotopic (exact) mass is 326 g/mol. The summed E-state index contributed by atoms with van der Waals surface area (Å²) in [6.45, 7) is 0.617. The summed E-state index contributed by atoms with van der Waals surface area (Å²) in [6, 6.07) is 12.9. The molecular formula is C18H18N2O4. The molecule has 2 aromatic rings. The zero-order valence-electron chi connectivity index (χ0n) is 13.0. The van der Waals surface area contributed by atoms with E-state index in [1.165, 1.54) is 12.1 Å². The second kappa shape index (κ2) is 7.14. The highest BCUT2D eigenvalue weighted by atomic mass is 16.5. The van der Waals surface area contributed by atoms with Crippen LogP contribution in [0.1, 0.15) is 23.2 Å². The van der Waals surface area contributed by atoms with E-state index in [1.54, 1.807) is 36.4 Å². The molecule has 0 bridgehead atoms. The van der Waals surface area contributed by atoms with Gasteiger partial charge in [0, 0.05) is 29.6 Å². The smallest absolute Gasteiger partial charge is 0.255 e. The zero-order chi connectivity index (χ0) is 16.9. The molecule has 2 amide bonds. The number of nitrogens with one attached hydrogen (secondary N) is 2. The van der Waals surface area contributed by atoms with Crippen LogP contribution in [0.2, 0.25) is 0 Å². The SMILES string of the molecule is O=C(Nc1cccc(O)c1)c1ccc(NC(=O)[C@@H]2CCCO2)cc1. The van der Waals surface area contributed by atoms with E-state index in [4.69, 9.17) is 4.74 Å². The Morgan fingerprint density at radius 3 is 2.50 bits per heavy atom. The topological polar surface area (TPSA) is 87.7 Å². The Labute approximate surface area is 139 Å². The van der Waals surface area contributed by atoms with E-state index in [9.17, 15) is 14.7 Å². The third kappa shape index (κ3) is 3.91. The van der Waals surface area contributed by atoms with Gasteiger partial charge in [0.1, 0.15) is 11.9 Å². The highest BCUT2D eigenvalue weighted by Gasteiger charge is 2.23. The molecule has 6 heteroatoms. The maximum atomic E-state index is 12.2. The summed E-state index contributed by atoms with van der Waals surface area (Å²) in [7, 11) is 0. The molecule has 0 aromatic heterocycles. The van der Waals surface area contributed by atoms with E-state index < -0.39 is 6.10 Å². The molecule has 1 saturated heterocycles. The minimum Gasteiger partial charge on any atom is -0.508 e. The molecule has 0 spiro atoms. The molecular weight excluding hydrogens is 308 g/mol. The van der Waals surface area contributed by atoms with Crippen molar-refractivity contribution in [2.24, 2.45) is 0 Å². The predicted octanol–water partition coefficient (Wildman–Crippen LogP) is 2.76. The number of carbonyl (C=O) groups is 2. The summed E-state index contributed by atoms with van der Waals surface area (Å²) in [4.78, 5) is 24.1. The van der Waals surface area contributed by atoms with Crippen molar-refractivity contribution >= 4 is 23.2 Å². The highest BCUT2D eigenvalue weighted by molar-refractivity contribution is 6.04. The van der Waals surface area contributed by atoms with Crippen LogP contribution in [-0.2, 0) is 9.53 Å². The Hall–Kier alpha value is -2.86. The van der Waals surface area contributed by atoms with Crippen molar-refractivity contribution in [1.82, 2.24) is 0 Å². The van der Waals surface area contributed by atoms with Gasteiger partial charge in [-0.3, -0.25) is 9.59 Å². The van der Waals surface area contributed by atoms with Crippen molar-refractivity contribution in [2.45, 2.75) is 18.9 Å². The Morgan fingerprint density at radius 2 is 1.83 bits per heavy atom. The summed E-state index contributed by atoms with van der Waals surface area (Å²) in [6.07, 6.45) is 1.24. The third-order valence-electron chi connectivity index (χ3n) is 3.74. The molecule has 0 unspecified atom stereocenters. The predicted molar refractivity (Wildman–Crippen MR) is 90.1 cm³/mol. The molecule has 6 nitrogen and oxygen atoms in total. The highest BCUT2D eigenvalue weighted by Crippen LogP contribution is 2.18. The lowest BCUT2D eigenvalue weighted by molar-refractivity contribution is -0.124. The van der Waals surface area contributed by atoms with E-state index in [0.29, 0.717) is 23.5 Å². The number of aromatic hydroxyl groups is 1. The fourth-order valence-corrected chi connectivity index (χ4v) is 2.50. The number of carbonyl (C=O) groups excluding carboxylic acids is 2. The van der Waals surface area contributed by atoms with Crippen LogP contribution < -0.4 is 10.6 Å².